The SMILES string of the molecule is Nc1c(Br)c(CC2CCC(N)CC2)nc2c(Br)cnn12. The van der Waals surface area contributed by atoms with Crippen molar-refractivity contribution in [1.29, 1.82) is 0 Å². The van der Waals surface area contributed by atoms with E-state index in [4.69, 9.17) is 16.5 Å². The first kappa shape index (κ1) is 14.3. The molecule has 0 unspecified atom stereocenters. The van der Waals surface area contributed by atoms with Gasteiger partial charge in [0.05, 0.1) is 20.8 Å². The Morgan fingerprint density at radius 1 is 1.25 bits per heavy atom. The first-order valence-electron chi connectivity index (χ1n) is 6.79. The Morgan fingerprint density at radius 3 is 2.65 bits per heavy atom. The topological polar surface area (TPSA) is 82.2 Å². The van der Waals surface area contributed by atoms with Gasteiger partial charge in [-0.1, -0.05) is 0 Å². The molecular weight excluding hydrogens is 386 g/mol. The summed E-state index contributed by atoms with van der Waals surface area (Å²) in [5.74, 6) is 1.24. The molecule has 2 aromatic heterocycles. The number of halogens is 2. The summed E-state index contributed by atoms with van der Waals surface area (Å²) < 4.78 is 3.37. The van der Waals surface area contributed by atoms with E-state index in [1.54, 1.807) is 10.7 Å². The lowest BCUT2D eigenvalue weighted by Crippen LogP contribution is -2.27. The molecule has 20 heavy (non-hydrogen) atoms. The second-order valence-electron chi connectivity index (χ2n) is 5.47. The lowest BCUT2D eigenvalue weighted by Gasteiger charge is -2.26. The molecule has 0 bridgehead atoms. The lowest BCUT2D eigenvalue weighted by molar-refractivity contribution is 0.323. The van der Waals surface area contributed by atoms with Gasteiger partial charge in [-0.25, -0.2) is 4.98 Å². The Balaban J connectivity index is 1.91. The van der Waals surface area contributed by atoms with Crippen LogP contribution in [0.4, 0.5) is 5.82 Å². The number of fused-ring (bicyclic) bond motifs is 1. The standard InChI is InChI=1S/C13H17Br2N5/c14-9-6-18-20-12(17)11(15)10(19-13(9)20)5-7-1-3-8(16)4-2-7/h6-8H,1-5,16-17H2. The maximum Gasteiger partial charge on any atom is 0.171 e. The van der Waals surface area contributed by atoms with Crippen LogP contribution in [0.2, 0.25) is 0 Å². The van der Waals surface area contributed by atoms with E-state index >= 15 is 0 Å². The van der Waals surface area contributed by atoms with Crippen molar-refractivity contribution in [2.45, 2.75) is 38.1 Å². The number of rotatable bonds is 2. The summed E-state index contributed by atoms with van der Waals surface area (Å²) in [5, 5.41) is 4.21. The van der Waals surface area contributed by atoms with Crippen molar-refractivity contribution in [3.63, 3.8) is 0 Å². The van der Waals surface area contributed by atoms with Crippen LogP contribution in [-0.2, 0) is 6.42 Å². The second kappa shape index (κ2) is 5.61. The van der Waals surface area contributed by atoms with E-state index in [1.807, 2.05) is 0 Å². The monoisotopic (exact) mass is 401 g/mol. The Morgan fingerprint density at radius 2 is 1.95 bits per heavy atom. The molecule has 0 aromatic carbocycles. The van der Waals surface area contributed by atoms with E-state index in [1.165, 1.54) is 12.8 Å². The molecule has 1 aliphatic rings. The Bertz CT molecular complexity index is 631. The lowest BCUT2D eigenvalue weighted by atomic mass is 9.84. The van der Waals surface area contributed by atoms with E-state index in [9.17, 15) is 0 Å². The van der Waals surface area contributed by atoms with E-state index in [2.05, 4.69) is 37.0 Å². The molecule has 5 nitrogen and oxygen atoms in total. The van der Waals surface area contributed by atoms with Crippen LogP contribution >= 0.6 is 31.9 Å². The highest BCUT2D eigenvalue weighted by atomic mass is 79.9. The van der Waals surface area contributed by atoms with E-state index in [-0.39, 0.29) is 0 Å². The summed E-state index contributed by atoms with van der Waals surface area (Å²) in [4.78, 5) is 4.70. The molecule has 0 atom stereocenters. The molecule has 0 amide bonds. The molecule has 0 saturated heterocycles. The maximum atomic E-state index is 6.13. The number of hydrogen-bond acceptors (Lipinski definition) is 4. The molecule has 4 N–H and O–H groups in total. The van der Waals surface area contributed by atoms with Crippen LogP contribution in [-0.4, -0.2) is 20.6 Å². The van der Waals surface area contributed by atoms with Gasteiger partial charge in [-0.05, 0) is 69.9 Å². The average molecular weight is 403 g/mol. The van der Waals surface area contributed by atoms with Crippen molar-refractivity contribution >= 4 is 43.3 Å². The zero-order valence-electron chi connectivity index (χ0n) is 11.0. The zero-order valence-corrected chi connectivity index (χ0v) is 14.2. The van der Waals surface area contributed by atoms with Crippen LogP contribution in [0.5, 0.6) is 0 Å². The third-order valence-electron chi connectivity index (χ3n) is 4.02. The largest absolute Gasteiger partial charge is 0.383 e. The molecular formula is C13H17Br2N5. The number of nitrogens with two attached hydrogens (primary N) is 2. The molecule has 1 fully saturated rings. The predicted molar refractivity (Wildman–Crippen MR) is 86.4 cm³/mol. The van der Waals surface area contributed by atoms with E-state index in [0.29, 0.717) is 17.8 Å². The number of nitrogens with zero attached hydrogens (tertiary/aromatic N) is 3. The third kappa shape index (κ3) is 2.58. The van der Waals surface area contributed by atoms with Crippen molar-refractivity contribution in [2.75, 3.05) is 5.73 Å². The zero-order chi connectivity index (χ0) is 14.3. The fourth-order valence-corrected chi connectivity index (χ4v) is 3.58. The predicted octanol–water partition coefficient (Wildman–Crippen LogP) is 2.90. The van der Waals surface area contributed by atoms with Gasteiger partial charge >= 0.3 is 0 Å². The molecule has 1 aliphatic carbocycles. The number of anilines is 1. The number of hydrogen-bond donors (Lipinski definition) is 2. The van der Waals surface area contributed by atoms with Crippen LogP contribution in [0.3, 0.4) is 0 Å². The van der Waals surface area contributed by atoms with Crippen molar-refractivity contribution in [2.24, 2.45) is 11.7 Å². The Hall–Kier alpha value is -0.660. The summed E-state index contributed by atoms with van der Waals surface area (Å²) in [6.07, 6.45) is 7.20. The van der Waals surface area contributed by atoms with Crippen LogP contribution in [0.15, 0.2) is 15.1 Å². The summed E-state index contributed by atoms with van der Waals surface area (Å²) in [6, 6.07) is 0.374. The molecule has 0 aliphatic heterocycles. The molecule has 2 heterocycles. The highest BCUT2D eigenvalue weighted by Crippen LogP contribution is 2.32. The highest BCUT2D eigenvalue weighted by molar-refractivity contribution is 9.11. The summed E-state index contributed by atoms with van der Waals surface area (Å²) in [6.45, 7) is 0. The number of aromatic nitrogens is 3. The first-order valence-corrected chi connectivity index (χ1v) is 8.37. The van der Waals surface area contributed by atoms with Crippen molar-refractivity contribution in [1.82, 2.24) is 14.6 Å². The molecule has 3 rings (SSSR count). The quantitative estimate of drug-likeness (QED) is 0.808. The maximum absolute atomic E-state index is 6.13. The minimum Gasteiger partial charge on any atom is -0.383 e. The number of nitrogen functional groups attached to an aromatic ring is 1. The van der Waals surface area contributed by atoms with E-state index in [0.717, 1.165) is 39.5 Å². The Kier molecular flexibility index (Phi) is 4.01. The minimum atomic E-state index is 0.374. The first-order chi connectivity index (χ1) is 9.56. The second-order valence-corrected chi connectivity index (χ2v) is 7.12. The summed E-state index contributed by atoms with van der Waals surface area (Å²) in [7, 11) is 0. The Labute approximate surface area is 134 Å². The fourth-order valence-electron chi connectivity index (χ4n) is 2.82. The normalized spacial score (nSPS) is 23.4. The van der Waals surface area contributed by atoms with Crippen molar-refractivity contribution < 1.29 is 0 Å². The molecule has 0 radical (unpaired) electrons. The molecule has 2 aromatic rings. The summed E-state index contributed by atoms with van der Waals surface area (Å²) in [5.41, 5.74) is 13.9. The van der Waals surface area contributed by atoms with Crippen molar-refractivity contribution in [3.05, 3.63) is 20.8 Å². The van der Waals surface area contributed by atoms with Gasteiger partial charge in [-0.3, -0.25) is 0 Å². The van der Waals surface area contributed by atoms with Gasteiger partial charge in [-0.15, -0.1) is 0 Å². The fraction of sp³-hybridized carbons (Fsp3) is 0.538. The van der Waals surface area contributed by atoms with Gasteiger partial charge in [-0.2, -0.15) is 9.61 Å². The highest BCUT2D eigenvalue weighted by Gasteiger charge is 2.22. The van der Waals surface area contributed by atoms with Gasteiger partial charge < -0.3 is 11.5 Å². The van der Waals surface area contributed by atoms with Crippen LogP contribution in [0.1, 0.15) is 31.4 Å². The van der Waals surface area contributed by atoms with E-state index < -0.39 is 0 Å². The van der Waals surface area contributed by atoms with Gasteiger partial charge in [0, 0.05) is 6.04 Å². The molecule has 108 valence electrons. The van der Waals surface area contributed by atoms with Gasteiger partial charge in [0.25, 0.3) is 0 Å². The van der Waals surface area contributed by atoms with Crippen LogP contribution in [0.25, 0.3) is 5.65 Å². The molecule has 7 heteroatoms. The van der Waals surface area contributed by atoms with Crippen LogP contribution in [0, 0.1) is 5.92 Å². The van der Waals surface area contributed by atoms with Crippen molar-refractivity contribution in [3.8, 4) is 0 Å². The molecule has 0 spiro atoms. The smallest absolute Gasteiger partial charge is 0.171 e. The third-order valence-corrected chi connectivity index (χ3v) is 5.44. The summed E-state index contributed by atoms with van der Waals surface area (Å²) >= 11 is 7.02. The average Bonchev–Trinajstić information content (AvgIpc) is 2.80. The van der Waals surface area contributed by atoms with Gasteiger partial charge in [0.1, 0.15) is 5.82 Å². The van der Waals surface area contributed by atoms with Gasteiger partial charge in [0.15, 0.2) is 5.65 Å². The molecule has 1 saturated carbocycles. The minimum absolute atomic E-state index is 0.374. The van der Waals surface area contributed by atoms with Gasteiger partial charge in [0.2, 0.25) is 0 Å². The van der Waals surface area contributed by atoms with Crippen LogP contribution < -0.4 is 11.5 Å².